The van der Waals surface area contributed by atoms with Gasteiger partial charge in [0.15, 0.2) is 0 Å². The first-order valence-electron chi connectivity index (χ1n) is 13.4. The number of nitrogens with one attached hydrogen (secondary N) is 1. The third kappa shape index (κ3) is 2.96. The lowest BCUT2D eigenvalue weighted by molar-refractivity contribution is -0.148. The number of carbonyl (C=O) groups is 2. The number of aliphatic hydroxyl groups is 1. The quantitative estimate of drug-likeness (QED) is 0.478. The molecule has 0 radical (unpaired) electrons. The van der Waals surface area contributed by atoms with E-state index in [9.17, 15) is 14.7 Å². The second-order valence-electron chi connectivity index (χ2n) is 12.2. The fraction of sp³-hybridized carbons (Fsp3) is 0.312. The molecule has 0 unspecified atom stereocenters. The monoisotopic (exact) mass is 520 g/mol. The summed E-state index contributed by atoms with van der Waals surface area (Å²) >= 11 is 0. The van der Waals surface area contributed by atoms with Gasteiger partial charge in [0.1, 0.15) is 23.5 Å². The summed E-state index contributed by atoms with van der Waals surface area (Å²) < 4.78 is 0. The van der Waals surface area contributed by atoms with Crippen LogP contribution < -0.4 is 4.90 Å². The van der Waals surface area contributed by atoms with E-state index < -0.39 is 28.8 Å². The Morgan fingerprint density at radius 3 is 2.59 bits per heavy atom. The van der Waals surface area contributed by atoms with Crippen LogP contribution in [0.5, 0.6) is 0 Å². The fourth-order valence-electron chi connectivity index (χ4n) is 6.95. The lowest BCUT2D eigenvalue weighted by Crippen LogP contribution is -2.63. The number of para-hydroxylation sites is 2. The first-order valence-corrected chi connectivity index (χ1v) is 13.4. The molecule has 2 amide bonds. The average Bonchev–Trinajstić information content (AvgIpc) is 3.51. The van der Waals surface area contributed by atoms with Crippen molar-refractivity contribution in [2.24, 2.45) is 0 Å². The second-order valence-corrected chi connectivity index (χ2v) is 12.2. The van der Waals surface area contributed by atoms with Gasteiger partial charge in [-0.25, -0.2) is 0 Å². The minimum atomic E-state index is -1.40. The van der Waals surface area contributed by atoms with E-state index in [1.54, 1.807) is 11.1 Å². The van der Waals surface area contributed by atoms with E-state index in [-0.39, 0.29) is 23.9 Å². The van der Waals surface area contributed by atoms with Gasteiger partial charge in [0, 0.05) is 51.4 Å². The molecule has 4 aliphatic heterocycles. The molecule has 2 saturated heterocycles. The molecule has 7 rings (SSSR count). The number of carbonyl (C=O) groups excluding carboxylic acids is 2. The number of aromatic amines is 1. The van der Waals surface area contributed by atoms with E-state index in [0.29, 0.717) is 0 Å². The van der Waals surface area contributed by atoms with E-state index in [4.69, 9.17) is 0 Å². The molecule has 0 spiro atoms. The number of rotatable bonds is 2. The lowest BCUT2D eigenvalue weighted by atomic mass is 9.85. The molecule has 2 fully saturated rings. The van der Waals surface area contributed by atoms with E-state index in [1.165, 1.54) is 4.90 Å². The molecule has 198 valence electrons. The van der Waals surface area contributed by atoms with Crippen LogP contribution in [-0.4, -0.2) is 49.5 Å². The SMILES string of the molecule is C=CC(C)(C)N1c2ccccc2[C@@]2(O)C[C@H]3C(=O)N4/C=C\C(C)(C)c5[nH]c6ccccc6c5/C=C\4C(=O)N3[C@@H]12. The van der Waals surface area contributed by atoms with Gasteiger partial charge in [-0.05, 0) is 32.1 Å². The van der Waals surface area contributed by atoms with E-state index >= 15 is 0 Å². The van der Waals surface area contributed by atoms with E-state index in [2.05, 4.69) is 30.3 Å². The highest BCUT2D eigenvalue weighted by Gasteiger charge is 2.67. The summed E-state index contributed by atoms with van der Waals surface area (Å²) in [4.78, 5) is 37.4. The van der Waals surface area contributed by atoms with Gasteiger partial charge in [0.2, 0.25) is 0 Å². The van der Waals surface area contributed by atoms with E-state index in [0.717, 1.165) is 33.4 Å². The van der Waals surface area contributed by atoms with Gasteiger partial charge in [0.05, 0.1) is 5.54 Å². The highest BCUT2D eigenvalue weighted by molar-refractivity contribution is 6.10. The number of anilines is 1. The van der Waals surface area contributed by atoms with Crippen LogP contribution in [0.4, 0.5) is 5.69 Å². The molecule has 0 saturated carbocycles. The maximum Gasteiger partial charge on any atom is 0.273 e. The molecule has 2 aromatic carbocycles. The van der Waals surface area contributed by atoms with Crippen molar-refractivity contribution < 1.29 is 14.7 Å². The molecule has 7 nitrogen and oxygen atoms in total. The predicted octanol–water partition coefficient (Wildman–Crippen LogP) is 4.76. The minimum Gasteiger partial charge on any atom is -0.381 e. The molecular weight excluding hydrogens is 488 g/mol. The molecule has 39 heavy (non-hydrogen) atoms. The number of aromatic nitrogens is 1. The van der Waals surface area contributed by atoms with Gasteiger partial charge < -0.3 is 19.9 Å². The first kappa shape index (κ1) is 24.0. The zero-order valence-corrected chi connectivity index (χ0v) is 22.6. The molecule has 5 heterocycles. The number of piperazine rings is 1. The van der Waals surface area contributed by atoms with Crippen LogP contribution in [-0.2, 0) is 20.6 Å². The van der Waals surface area contributed by atoms with Crippen LogP contribution in [0.3, 0.4) is 0 Å². The van der Waals surface area contributed by atoms with Crippen molar-refractivity contribution in [3.63, 3.8) is 0 Å². The van der Waals surface area contributed by atoms with Gasteiger partial charge in [-0.1, -0.05) is 62.4 Å². The zero-order valence-electron chi connectivity index (χ0n) is 22.6. The van der Waals surface area contributed by atoms with Gasteiger partial charge in [-0.2, -0.15) is 0 Å². The third-order valence-corrected chi connectivity index (χ3v) is 9.07. The van der Waals surface area contributed by atoms with Crippen LogP contribution in [0, 0.1) is 0 Å². The Labute approximate surface area is 227 Å². The number of benzene rings is 2. The Kier molecular flexibility index (Phi) is 4.62. The Bertz CT molecular complexity index is 1660. The number of allylic oxidation sites excluding steroid dienone is 1. The fourth-order valence-corrected chi connectivity index (χ4v) is 6.95. The molecule has 0 bridgehead atoms. The summed E-state index contributed by atoms with van der Waals surface area (Å²) in [5.41, 5.74) is 2.31. The maximum atomic E-state index is 14.5. The molecule has 2 N–H and O–H groups in total. The first-order chi connectivity index (χ1) is 18.5. The highest BCUT2D eigenvalue weighted by Crippen LogP contribution is 2.56. The summed E-state index contributed by atoms with van der Waals surface area (Å²) in [7, 11) is 0. The van der Waals surface area contributed by atoms with Gasteiger partial charge in [-0.15, -0.1) is 6.58 Å². The van der Waals surface area contributed by atoms with Crippen LogP contribution in [0.25, 0.3) is 17.0 Å². The number of amides is 2. The van der Waals surface area contributed by atoms with Crippen LogP contribution in [0.2, 0.25) is 0 Å². The highest BCUT2D eigenvalue weighted by atomic mass is 16.3. The summed E-state index contributed by atoms with van der Waals surface area (Å²) in [6.45, 7) is 12.3. The standard InChI is InChI=1S/C32H32N4O3/c1-6-31(4,5)36-23-14-10-8-12-21(23)32(39)18-25-27(37)34-16-15-30(2,3)26-20(19-11-7-9-13-22(19)33-26)17-24(34)28(38)35(25)29(32)36/h6-17,25,29,33,39H,1,18H2,2-5H3/b16-15-,24-17-/t25-,29-,32-/m0/s1. The van der Waals surface area contributed by atoms with Gasteiger partial charge in [0.25, 0.3) is 11.8 Å². The summed E-state index contributed by atoms with van der Waals surface area (Å²) in [6, 6.07) is 14.9. The van der Waals surface area contributed by atoms with Crippen LogP contribution in [0.1, 0.15) is 50.9 Å². The van der Waals surface area contributed by atoms with Crippen LogP contribution >= 0.6 is 0 Å². The van der Waals surface area contributed by atoms with Crippen molar-refractivity contribution in [2.45, 2.75) is 62.9 Å². The molecule has 3 atom stereocenters. The number of nitrogens with zero attached hydrogens (tertiary/aromatic N) is 3. The van der Waals surface area contributed by atoms with E-state index in [1.807, 2.05) is 80.6 Å². The molecule has 3 aromatic rings. The normalized spacial score (nSPS) is 29.1. The van der Waals surface area contributed by atoms with Crippen molar-refractivity contribution in [3.05, 3.63) is 96.0 Å². The molecule has 0 aliphatic carbocycles. The second kappa shape index (κ2) is 7.51. The van der Waals surface area contributed by atoms with Gasteiger partial charge >= 0.3 is 0 Å². The van der Waals surface area contributed by atoms with Crippen molar-refractivity contribution in [1.82, 2.24) is 14.8 Å². The molecule has 4 aliphatic rings. The smallest absolute Gasteiger partial charge is 0.273 e. The average molecular weight is 521 g/mol. The Morgan fingerprint density at radius 2 is 1.82 bits per heavy atom. The molecular formula is C32H32N4O3. The minimum absolute atomic E-state index is 0.127. The Balaban J connectivity index is 1.45. The van der Waals surface area contributed by atoms with Crippen LogP contribution in [0.15, 0.2) is 79.2 Å². The lowest BCUT2D eigenvalue weighted by Gasteiger charge is -2.47. The Morgan fingerprint density at radius 1 is 1.10 bits per heavy atom. The number of fused-ring (bicyclic) bond motifs is 9. The maximum absolute atomic E-state index is 14.5. The number of hydrogen-bond donors (Lipinski definition) is 2. The summed E-state index contributed by atoms with van der Waals surface area (Å²) in [6.07, 6.45) is 6.75. The van der Waals surface area contributed by atoms with Crippen molar-refractivity contribution >= 4 is 34.5 Å². The topological polar surface area (TPSA) is 79.9 Å². The number of hydrogen-bond acceptors (Lipinski definition) is 4. The van der Waals surface area contributed by atoms with Crippen molar-refractivity contribution in [2.75, 3.05) is 4.90 Å². The largest absolute Gasteiger partial charge is 0.381 e. The predicted molar refractivity (Wildman–Crippen MR) is 151 cm³/mol. The zero-order chi connectivity index (χ0) is 27.5. The summed E-state index contributed by atoms with van der Waals surface area (Å²) in [5.74, 6) is -0.494. The van der Waals surface area contributed by atoms with Crippen molar-refractivity contribution in [1.29, 1.82) is 0 Å². The molecule has 1 aromatic heterocycles. The van der Waals surface area contributed by atoms with Crippen molar-refractivity contribution in [3.8, 4) is 0 Å². The number of H-pyrrole nitrogens is 1. The Hall–Kier alpha value is -4.10. The third-order valence-electron chi connectivity index (χ3n) is 9.07. The summed E-state index contributed by atoms with van der Waals surface area (Å²) in [5, 5.41) is 13.3. The van der Waals surface area contributed by atoms with Gasteiger partial charge in [-0.3, -0.25) is 14.5 Å². The molecule has 7 heteroatoms.